The molecule has 3 aromatic rings. The highest BCUT2D eigenvalue weighted by molar-refractivity contribution is 6.08. The molecule has 0 unspecified atom stereocenters. The minimum atomic E-state index is -0.689. The zero-order valence-electron chi connectivity index (χ0n) is 23.1. The number of hydrogen-bond donors (Lipinski definition) is 4. The van der Waals surface area contributed by atoms with Crippen LogP contribution in [-0.2, 0) is 9.59 Å². The highest BCUT2D eigenvalue weighted by atomic mass is 19.1. The van der Waals surface area contributed by atoms with E-state index >= 15 is 4.39 Å². The number of halogens is 1. The summed E-state index contributed by atoms with van der Waals surface area (Å²) in [7, 11) is 2.81. The maximum Gasteiger partial charge on any atom is 0.273 e. The molecule has 2 fully saturated rings. The Bertz CT molecular complexity index is 1560. The van der Waals surface area contributed by atoms with Gasteiger partial charge in [0.25, 0.3) is 11.8 Å². The van der Waals surface area contributed by atoms with Gasteiger partial charge in [-0.25, -0.2) is 4.39 Å². The number of anilines is 5. The summed E-state index contributed by atoms with van der Waals surface area (Å²) in [5, 5.41) is 18.7. The molecule has 0 bridgehead atoms. The van der Waals surface area contributed by atoms with E-state index in [1.54, 1.807) is 23.1 Å². The smallest absolute Gasteiger partial charge is 0.273 e. The molecule has 1 saturated heterocycles. The Hall–Kier alpha value is -5.07. The van der Waals surface area contributed by atoms with E-state index in [4.69, 9.17) is 4.74 Å². The summed E-state index contributed by atoms with van der Waals surface area (Å²) in [4.78, 5) is 51.8. The Labute approximate surface area is 241 Å². The largest absolute Gasteiger partial charge is 0.494 e. The molecule has 1 aliphatic carbocycles. The van der Waals surface area contributed by atoms with Gasteiger partial charge >= 0.3 is 0 Å². The first-order valence-electron chi connectivity index (χ1n) is 13.5. The highest BCUT2D eigenvalue weighted by Crippen LogP contribution is 2.34. The molecule has 0 radical (unpaired) electrons. The van der Waals surface area contributed by atoms with Crippen molar-refractivity contribution in [3.05, 3.63) is 59.5 Å². The predicted octanol–water partition coefficient (Wildman–Crippen LogP) is 3.85. The van der Waals surface area contributed by atoms with Crippen molar-refractivity contribution >= 4 is 52.2 Å². The number of aromatic nitrogens is 2. The summed E-state index contributed by atoms with van der Waals surface area (Å²) >= 11 is 0. The number of nitrogens with zero attached hydrogens (tertiary/aromatic N) is 3. The number of amides is 4. The number of nitrogens with one attached hydrogen (secondary N) is 4. The standard InChI is InChI=1S/C29H30FN7O5/c1-31-29(41)25-22(15-23(35-36-25)34-27(39)16-9-10-16)32-21-7-5-6-18(26(21)42-2)28(40)33-20-12-11-17(14-19(20)30)37-13-4-3-8-24(37)38/h5-7,11-12,14-16H,3-4,8-10,13H2,1-2H3,(H,31,41)(H,33,40)(H2,32,34,35,39). The van der Waals surface area contributed by atoms with E-state index in [0.717, 1.165) is 25.7 Å². The summed E-state index contributed by atoms with van der Waals surface area (Å²) in [6.07, 6.45) is 3.68. The topological polar surface area (TPSA) is 155 Å². The van der Waals surface area contributed by atoms with Gasteiger partial charge in [0.2, 0.25) is 11.8 Å². The lowest BCUT2D eigenvalue weighted by Crippen LogP contribution is -2.35. The first-order valence-corrected chi connectivity index (χ1v) is 13.5. The van der Waals surface area contributed by atoms with Crippen LogP contribution in [0.1, 0.15) is 53.0 Å². The molecule has 4 amide bonds. The SMILES string of the molecule is CNC(=O)c1nnc(NC(=O)C2CC2)cc1Nc1cccc(C(=O)Nc2ccc(N3CCCCC3=O)cc2F)c1OC. The van der Waals surface area contributed by atoms with E-state index in [0.29, 0.717) is 24.3 Å². The third-order valence-electron chi connectivity index (χ3n) is 7.00. The molecule has 0 atom stereocenters. The second kappa shape index (κ2) is 12.2. The van der Waals surface area contributed by atoms with Gasteiger partial charge in [0.15, 0.2) is 17.3 Å². The molecule has 1 saturated carbocycles. The molecule has 42 heavy (non-hydrogen) atoms. The lowest BCUT2D eigenvalue weighted by Gasteiger charge is -2.27. The van der Waals surface area contributed by atoms with Crippen molar-refractivity contribution < 1.29 is 28.3 Å². The van der Waals surface area contributed by atoms with Gasteiger partial charge in [0.05, 0.1) is 29.7 Å². The fraction of sp³-hybridized carbons (Fsp3) is 0.310. The number of para-hydroxylation sites is 1. The number of carbonyl (C=O) groups excluding carboxylic acids is 4. The van der Waals surface area contributed by atoms with Gasteiger partial charge in [-0.1, -0.05) is 6.07 Å². The van der Waals surface area contributed by atoms with Crippen LogP contribution in [0.25, 0.3) is 0 Å². The number of ether oxygens (including phenoxy) is 1. The fourth-order valence-corrected chi connectivity index (χ4v) is 4.63. The van der Waals surface area contributed by atoms with Crippen LogP contribution in [0.5, 0.6) is 5.75 Å². The molecule has 0 spiro atoms. The second-order valence-electron chi connectivity index (χ2n) is 9.97. The Balaban J connectivity index is 1.39. The van der Waals surface area contributed by atoms with Crippen LogP contribution in [0.4, 0.5) is 33.0 Å². The van der Waals surface area contributed by atoms with Gasteiger partial charge in [0.1, 0.15) is 5.82 Å². The summed E-state index contributed by atoms with van der Waals surface area (Å²) in [6, 6.07) is 10.4. The highest BCUT2D eigenvalue weighted by Gasteiger charge is 2.30. The van der Waals surface area contributed by atoms with Crippen molar-refractivity contribution in [1.82, 2.24) is 15.5 Å². The molecule has 1 aromatic heterocycles. The van der Waals surface area contributed by atoms with E-state index in [1.165, 1.54) is 38.4 Å². The van der Waals surface area contributed by atoms with Crippen LogP contribution in [0, 0.1) is 11.7 Å². The number of rotatable bonds is 9. The third-order valence-corrected chi connectivity index (χ3v) is 7.00. The van der Waals surface area contributed by atoms with Crippen LogP contribution in [0.2, 0.25) is 0 Å². The van der Waals surface area contributed by atoms with Crippen molar-refractivity contribution in [3.8, 4) is 5.75 Å². The van der Waals surface area contributed by atoms with Crippen LogP contribution >= 0.6 is 0 Å². The van der Waals surface area contributed by atoms with Crippen LogP contribution < -0.4 is 30.9 Å². The molecule has 1 aliphatic heterocycles. The summed E-state index contributed by atoms with van der Waals surface area (Å²) < 4.78 is 20.6. The number of carbonyl (C=O) groups is 4. The maximum atomic E-state index is 15.0. The predicted molar refractivity (Wildman–Crippen MR) is 154 cm³/mol. The van der Waals surface area contributed by atoms with Crippen molar-refractivity contribution in [2.24, 2.45) is 5.92 Å². The first-order chi connectivity index (χ1) is 20.3. The van der Waals surface area contributed by atoms with E-state index < -0.39 is 17.6 Å². The minimum Gasteiger partial charge on any atom is -0.494 e. The molecule has 2 aliphatic rings. The minimum absolute atomic E-state index is 0.0480. The van der Waals surface area contributed by atoms with Crippen LogP contribution in [-0.4, -0.2) is 54.5 Å². The lowest BCUT2D eigenvalue weighted by molar-refractivity contribution is -0.119. The molecule has 5 rings (SSSR count). The maximum absolute atomic E-state index is 15.0. The Morgan fingerprint density at radius 1 is 0.976 bits per heavy atom. The van der Waals surface area contributed by atoms with Crippen molar-refractivity contribution in [1.29, 1.82) is 0 Å². The monoisotopic (exact) mass is 575 g/mol. The molecular weight excluding hydrogens is 545 g/mol. The van der Waals surface area contributed by atoms with E-state index in [9.17, 15) is 19.2 Å². The number of benzene rings is 2. The van der Waals surface area contributed by atoms with Gasteiger partial charge < -0.3 is 30.9 Å². The molecule has 12 nitrogen and oxygen atoms in total. The normalized spacial score (nSPS) is 14.6. The lowest BCUT2D eigenvalue weighted by atomic mass is 10.1. The summed E-state index contributed by atoms with van der Waals surface area (Å²) in [5.74, 6) is -1.89. The van der Waals surface area contributed by atoms with Crippen LogP contribution in [0.3, 0.4) is 0 Å². The van der Waals surface area contributed by atoms with Crippen molar-refractivity contribution in [3.63, 3.8) is 0 Å². The molecule has 2 aromatic carbocycles. The Morgan fingerprint density at radius 3 is 2.48 bits per heavy atom. The van der Waals surface area contributed by atoms with Crippen molar-refractivity contribution in [2.45, 2.75) is 32.1 Å². The molecule has 218 valence electrons. The molecule has 2 heterocycles. The quantitative estimate of drug-likeness (QED) is 0.300. The van der Waals surface area contributed by atoms with Gasteiger partial charge in [-0.05, 0) is 56.0 Å². The van der Waals surface area contributed by atoms with Crippen LogP contribution in [0.15, 0.2) is 42.5 Å². The zero-order valence-corrected chi connectivity index (χ0v) is 23.1. The van der Waals surface area contributed by atoms with E-state index in [-0.39, 0.29) is 51.9 Å². The molecular formula is C29H30FN7O5. The number of piperidine rings is 1. The average Bonchev–Trinajstić information content (AvgIpc) is 3.84. The summed E-state index contributed by atoms with van der Waals surface area (Å²) in [5.41, 5.74) is 0.924. The average molecular weight is 576 g/mol. The van der Waals surface area contributed by atoms with Crippen molar-refractivity contribution in [2.75, 3.05) is 41.6 Å². The summed E-state index contributed by atoms with van der Waals surface area (Å²) in [6.45, 7) is 0.518. The Kier molecular flexibility index (Phi) is 8.27. The Morgan fingerprint density at radius 2 is 1.79 bits per heavy atom. The molecule has 13 heteroatoms. The van der Waals surface area contributed by atoms with E-state index in [1.807, 2.05) is 0 Å². The van der Waals surface area contributed by atoms with E-state index in [2.05, 4.69) is 31.5 Å². The van der Waals surface area contributed by atoms with Gasteiger partial charge in [-0.3, -0.25) is 19.2 Å². The molecule has 4 N–H and O–H groups in total. The fourth-order valence-electron chi connectivity index (χ4n) is 4.63. The zero-order chi connectivity index (χ0) is 29.8. The van der Waals surface area contributed by atoms with Gasteiger partial charge in [-0.2, -0.15) is 0 Å². The second-order valence-corrected chi connectivity index (χ2v) is 9.97. The van der Waals surface area contributed by atoms with Gasteiger partial charge in [-0.15, -0.1) is 10.2 Å². The third kappa shape index (κ3) is 6.14. The number of hydrogen-bond acceptors (Lipinski definition) is 8. The first kappa shape index (κ1) is 28.5. The number of methoxy groups -OCH3 is 1. The van der Waals surface area contributed by atoms with Gasteiger partial charge in [0, 0.05) is 37.7 Å².